The summed E-state index contributed by atoms with van der Waals surface area (Å²) < 4.78 is 10.8. The first-order valence-corrected chi connectivity index (χ1v) is 9.72. The lowest BCUT2D eigenvalue weighted by atomic mass is 10.1. The fourth-order valence-electron chi connectivity index (χ4n) is 2.96. The van der Waals surface area contributed by atoms with Crippen molar-refractivity contribution >= 4 is 5.96 Å². The summed E-state index contributed by atoms with van der Waals surface area (Å²) >= 11 is 0. The van der Waals surface area contributed by atoms with E-state index in [2.05, 4.69) is 44.8 Å². The molecule has 1 fully saturated rings. The Morgan fingerprint density at radius 1 is 1.15 bits per heavy atom. The zero-order valence-electron chi connectivity index (χ0n) is 16.3. The molecule has 6 nitrogen and oxygen atoms in total. The Kier molecular flexibility index (Phi) is 10.1. The number of morpholine rings is 1. The average molecular weight is 363 g/mol. The smallest absolute Gasteiger partial charge is 0.191 e. The van der Waals surface area contributed by atoms with Crippen molar-refractivity contribution in [3.05, 3.63) is 35.4 Å². The number of guanidine groups is 1. The van der Waals surface area contributed by atoms with Gasteiger partial charge in [0.1, 0.15) is 0 Å². The highest BCUT2D eigenvalue weighted by molar-refractivity contribution is 5.79. The molecule has 0 radical (unpaired) electrons. The Hall–Kier alpha value is -1.63. The average Bonchev–Trinajstić information content (AvgIpc) is 2.69. The minimum atomic E-state index is 0.777. The lowest BCUT2D eigenvalue weighted by Gasteiger charge is -2.27. The van der Waals surface area contributed by atoms with Gasteiger partial charge in [-0.25, -0.2) is 0 Å². The third-order valence-electron chi connectivity index (χ3n) is 4.50. The minimum Gasteiger partial charge on any atom is -0.382 e. The lowest BCUT2D eigenvalue weighted by Crippen LogP contribution is -2.38. The van der Waals surface area contributed by atoms with Gasteiger partial charge in [-0.15, -0.1) is 0 Å². The molecule has 0 unspecified atom stereocenters. The molecule has 0 aliphatic carbocycles. The summed E-state index contributed by atoms with van der Waals surface area (Å²) in [4.78, 5) is 6.77. The summed E-state index contributed by atoms with van der Waals surface area (Å²) in [6.07, 6.45) is 2.15. The van der Waals surface area contributed by atoms with Crippen molar-refractivity contribution in [2.45, 2.75) is 32.9 Å². The molecule has 0 aromatic heterocycles. The number of unbranched alkanes of at least 4 members (excludes halogenated alkanes) is 1. The summed E-state index contributed by atoms with van der Waals surface area (Å²) in [7, 11) is 1.81. The molecule has 6 heteroatoms. The molecule has 0 bridgehead atoms. The van der Waals surface area contributed by atoms with E-state index in [9.17, 15) is 0 Å². The van der Waals surface area contributed by atoms with Crippen LogP contribution in [0.15, 0.2) is 29.3 Å². The fourth-order valence-corrected chi connectivity index (χ4v) is 2.96. The van der Waals surface area contributed by atoms with Crippen LogP contribution < -0.4 is 10.6 Å². The van der Waals surface area contributed by atoms with Crippen molar-refractivity contribution in [2.75, 3.05) is 53.1 Å². The molecule has 0 spiro atoms. The maximum Gasteiger partial charge on any atom is 0.191 e. The van der Waals surface area contributed by atoms with Crippen LogP contribution in [0.3, 0.4) is 0 Å². The predicted octanol–water partition coefficient (Wildman–Crippen LogP) is 2.00. The van der Waals surface area contributed by atoms with Gasteiger partial charge in [-0.1, -0.05) is 24.3 Å². The first kappa shape index (κ1) is 20.7. The van der Waals surface area contributed by atoms with Crippen LogP contribution in [0.5, 0.6) is 0 Å². The second-order valence-electron chi connectivity index (χ2n) is 6.41. The van der Waals surface area contributed by atoms with Crippen molar-refractivity contribution in [1.82, 2.24) is 15.5 Å². The van der Waals surface area contributed by atoms with Crippen LogP contribution >= 0.6 is 0 Å². The molecule has 1 aromatic rings. The summed E-state index contributed by atoms with van der Waals surface area (Å²) in [5, 5.41) is 6.80. The zero-order chi connectivity index (χ0) is 18.5. The number of aliphatic imine (C=N–C) groups is 1. The van der Waals surface area contributed by atoms with Gasteiger partial charge >= 0.3 is 0 Å². The van der Waals surface area contributed by atoms with Crippen molar-refractivity contribution in [3.63, 3.8) is 0 Å². The molecule has 1 aliphatic heterocycles. The third kappa shape index (κ3) is 7.72. The maximum absolute atomic E-state index is 5.44. The Morgan fingerprint density at radius 2 is 1.92 bits per heavy atom. The van der Waals surface area contributed by atoms with Gasteiger partial charge in [0.2, 0.25) is 0 Å². The van der Waals surface area contributed by atoms with E-state index in [0.717, 1.165) is 78.0 Å². The van der Waals surface area contributed by atoms with Crippen LogP contribution in [0.4, 0.5) is 0 Å². The van der Waals surface area contributed by atoms with E-state index in [1.165, 1.54) is 11.1 Å². The molecular formula is C20H34N4O2. The first-order chi connectivity index (χ1) is 12.8. The lowest BCUT2D eigenvalue weighted by molar-refractivity contribution is 0.0341. The van der Waals surface area contributed by atoms with Gasteiger partial charge in [-0.05, 0) is 30.9 Å². The predicted molar refractivity (Wildman–Crippen MR) is 106 cm³/mol. The molecule has 2 rings (SSSR count). The number of hydrogen-bond acceptors (Lipinski definition) is 4. The zero-order valence-corrected chi connectivity index (χ0v) is 16.3. The molecule has 1 aliphatic rings. The highest BCUT2D eigenvalue weighted by Gasteiger charge is 2.12. The number of ether oxygens (including phenoxy) is 2. The highest BCUT2D eigenvalue weighted by Crippen LogP contribution is 2.13. The van der Waals surface area contributed by atoms with Crippen LogP contribution in [-0.4, -0.2) is 64.0 Å². The summed E-state index contributed by atoms with van der Waals surface area (Å²) in [5.74, 6) is 0.850. The number of nitrogens with zero attached hydrogens (tertiary/aromatic N) is 2. The number of rotatable bonds is 10. The first-order valence-electron chi connectivity index (χ1n) is 9.72. The number of hydrogen-bond donors (Lipinski definition) is 2. The van der Waals surface area contributed by atoms with Gasteiger partial charge in [-0.3, -0.25) is 9.89 Å². The van der Waals surface area contributed by atoms with E-state index in [1.54, 1.807) is 0 Å². The summed E-state index contributed by atoms with van der Waals surface area (Å²) in [6.45, 7) is 9.99. The quantitative estimate of drug-likeness (QED) is 0.379. The van der Waals surface area contributed by atoms with Crippen LogP contribution in [0.25, 0.3) is 0 Å². The Morgan fingerprint density at radius 3 is 2.65 bits per heavy atom. The fraction of sp³-hybridized carbons (Fsp3) is 0.650. The normalized spacial score (nSPS) is 15.8. The molecule has 0 saturated carbocycles. The van der Waals surface area contributed by atoms with Crippen LogP contribution in [0.2, 0.25) is 0 Å². The maximum atomic E-state index is 5.44. The Bertz CT molecular complexity index is 530. The molecule has 0 atom stereocenters. The van der Waals surface area contributed by atoms with Crippen molar-refractivity contribution in [3.8, 4) is 0 Å². The van der Waals surface area contributed by atoms with E-state index in [-0.39, 0.29) is 0 Å². The van der Waals surface area contributed by atoms with Crippen LogP contribution in [-0.2, 0) is 22.6 Å². The van der Waals surface area contributed by atoms with E-state index < -0.39 is 0 Å². The molecule has 2 N–H and O–H groups in total. The molecule has 0 amide bonds. The van der Waals surface area contributed by atoms with Gasteiger partial charge in [0.25, 0.3) is 0 Å². The monoisotopic (exact) mass is 362 g/mol. The topological polar surface area (TPSA) is 58.1 Å². The summed E-state index contributed by atoms with van der Waals surface area (Å²) in [5.41, 5.74) is 2.69. The SMILES string of the molecule is CCOCCCCNC(=NC)NCc1ccccc1CN1CCOCC1. The van der Waals surface area contributed by atoms with E-state index in [1.807, 2.05) is 14.0 Å². The van der Waals surface area contributed by atoms with Crippen LogP contribution in [0, 0.1) is 0 Å². The molecule has 1 heterocycles. The van der Waals surface area contributed by atoms with Gasteiger partial charge in [0.05, 0.1) is 13.2 Å². The summed E-state index contributed by atoms with van der Waals surface area (Å²) in [6, 6.07) is 8.63. The van der Waals surface area contributed by atoms with Crippen molar-refractivity contribution in [1.29, 1.82) is 0 Å². The highest BCUT2D eigenvalue weighted by atomic mass is 16.5. The molecular weight excluding hydrogens is 328 g/mol. The molecule has 1 aromatic carbocycles. The van der Waals surface area contributed by atoms with Crippen molar-refractivity contribution in [2.24, 2.45) is 4.99 Å². The Balaban J connectivity index is 1.76. The standard InChI is InChI=1S/C20H34N4O2/c1-3-25-13-7-6-10-22-20(21-2)23-16-18-8-4-5-9-19(18)17-24-11-14-26-15-12-24/h4-5,8-9H,3,6-7,10-17H2,1-2H3,(H2,21,22,23). The largest absolute Gasteiger partial charge is 0.382 e. The van der Waals surface area contributed by atoms with E-state index in [4.69, 9.17) is 9.47 Å². The second kappa shape index (κ2) is 12.7. The van der Waals surface area contributed by atoms with Gasteiger partial charge in [0, 0.05) is 53.0 Å². The minimum absolute atomic E-state index is 0.777. The van der Waals surface area contributed by atoms with Gasteiger partial charge in [0.15, 0.2) is 5.96 Å². The van der Waals surface area contributed by atoms with Gasteiger partial charge < -0.3 is 20.1 Å². The number of nitrogens with one attached hydrogen (secondary N) is 2. The molecule has 1 saturated heterocycles. The van der Waals surface area contributed by atoms with Crippen molar-refractivity contribution < 1.29 is 9.47 Å². The van der Waals surface area contributed by atoms with E-state index >= 15 is 0 Å². The van der Waals surface area contributed by atoms with Gasteiger partial charge in [-0.2, -0.15) is 0 Å². The van der Waals surface area contributed by atoms with E-state index in [0.29, 0.717) is 0 Å². The molecule has 26 heavy (non-hydrogen) atoms. The second-order valence-corrected chi connectivity index (χ2v) is 6.41. The Labute approximate surface area is 158 Å². The third-order valence-corrected chi connectivity index (χ3v) is 4.50. The van der Waals surface area contributed by atoms with Crippen LogP contribution in [0.1, 0.15) is 30.9 Å². The number of benzene rings is 1. The molecule has 146 valence electrons.